The highest BCUT2D eigenvalue weighted by molar-refractivity contribution is 7.91. The molecule has 2 amide bonds. The van der Waals surface area contributed by atoms with Crippen molar-refractivity contribution in [1.82, 2.24) is 10.3 Å². The van der Waals surface area contributed by atoms with Crippen LogP contribution in [0.3, 0.4) is 0 Å². The molecule has 0 saturated heterocycles. The van der Waals surface area contributed by atoms with Gasteiger partial charge in [-0.2, -0.15) is 0 Å². The van der Waals surface area contributed by atoms with E-state index in [1.807, 2.05) is 30.3 Å². The molecule has 66 heavy (non-hydrogen) atoms. The lowest BCUT2D eigenvalue weighted by molar-refractivity contribution is 0.100. The van der Waals surface area contributed by atoms with Crippen molar-refractivity contribution in [2.75, 3.05) is 30.8 Å². The standard InChI is InChI=1S/C51H59N5O8SSi/c1-32-25-39(28-41-46(32)54-29-42(49(52)58)47(41)55-36-15-12-16-37(27-36)62-5)65(60,61)38-17-11-14-35(26-38)34-20-18-33(19-21-34)13-9-8-10-24-53-30-45(64-66(6,7)51(2,3)4)40-22-23-44(57)48-43(40)31-63-50(59)56-48/h11-12,14-23,25-29,45,53,57H,8-10,13,24,30-31H2,1-7H3,(H2,52,58)(H,54,55)(H,56,59)/t45-/m0/s1. The zero-order valence-electron chi connectivity index (χ0n) is 38.6. The summed E-state index contributed by atoms with van der Waals surface area (Å²) >= 11 is 0. The minimum absolute atomic E-state index is 0.00339. The summed E-state index contributed by atoms with van der Waals surface area (Å²) in [6.45, 7) is 14.3. The number of rotatable bonds is 18. The number of anilines is 3. The molecule has 0 spiro atoms. The maximum absolute atomic E-state index is 14.3. The quantitative estimate of drug-likeness (QED) is 0.0313. The second-order valence-electron chi connectivity index (χ2n) is 18.2. The maximum atomic E-state index is 14.3. The molecule has 346 valence electrons. The summed E-state index contributed by atoms with van der Waals surface area (Å²) in [7, 11) is -4.66. The van der Waals surface area contributed by atoms with Crippen LogP contribution in [0.25, 0.3) is 22.0 Å². The number of nitrogens with one attached hydrogen (secondary N) is 3. The summed E-state index contributed by atoms with van der Waals surface area (Å²) < 4.78 is 46.2. The van der Waals surface area contributed by atoms with E-state index in [4.69, 9.17) is 19.6 Å². The number of phenols is 1. The molecule has 1 aliphatic rings. The molecular weight excluding hydrogens is 871 g/mol. The van der Waals surface area contributed by atoms with Crippen LogP contribution in [0.4, 0.5) is 21.9 Å². The van der Waals surface area contributed by atoms with Crippen LogP contribution >= 0.6 is 0 Å². The van der Waals surface area contributed by atoms with E-state index in [0.29, 0.717) is 45.8 Å². The van der Waals surface area contributed by atoms with Gasteiger partial charge in [-0.25, -0.2) is 13.2 Å². The lowest BCUT2D eigenvalue weighted by Gasteiger charge is -2.40. The smallest absolute Gasteiger partial charge is 0.412 e. The Kier molecular flexibility index (Phi) is 14.2. The van der Waals surface area contributed by atoms with Gasteiger partial charge in [0.2, 0.25) is 9.84 Å². The molecule has 1 aliphatic heterocycles. The number of sulfone groups is 1. The fourth-order valence-corrected chi connectivity index (χ4v) is 10.6. The summed E-state index contributed by atoms with van der Waals surface area (Å²) in [6, 6.07) is 28.9. The number of amides is 2. The Balaban J connectivity index is 0.988. The van der Waals surface area contributed by atoms with Gasteiger partial charge in [0.25, 0.3) is 5.91 Å². The molecule has 13 nitrogen and oxygen atoms in total. The molecule has 6 aromatic rings. The average molecular weight is 930 g/mol. The van der Waals surface area contributed by atoms with E-state index < -0.39 is 30.2 Å². The molecule has 0 aliphatic carbocycles. The lowest BCUT2D eigenvalue weighted by atomic mass is 9.99. The van der Waals surface area contributed by atoms with Gasteiger partial charge in [0.15, 0.2) is 8.32 Å². The number of carbonyl (C=O) groups is 2. The number of aryl methyl sites for hydroxylation is 2. The third-order valence-electron chi connectivity index (χ3n) is 12.6. The largest absolute Gasteiger partial charge is 0.506 e. The van der Waals surface area contributed by atoms with Crippen molar-refractivity contribution in [3.63, 3.8) is 0 Å². The van der Waals surface area contributed by atoms with E-state index >= 15 is 0 Å². The molecule has 0 fully saturated rings. The number of benzene rings is 5. The molecule has 15 heteroatoms. The van der Waals surface area contributed by atoms with Crippen molar-refractivity contribution in [3.05, 3.63) is 131 Å². The van der Waals surface area contributed by atoms with Crippen LogP contribution in [-0.4, -0.2) is 59.0 Å². The van der Waals surface area contributed by atoms with Crippen LogP contribution in [-0.2, 0) is 32.0 Å². The molecule has 0 unspecified atom stereocenters. The summed E-state index contributed by atoms with van der Waals surface area (Å²) in [6.07, 6.45) is 4.41. The Morgan fingerprint density at radius 2 is 1.71 bits per heavy atom. The van der Waals surface area contributed by atoms with Crippen LogP contribution < -0.4 is 26.4 Å². The summed E-state index contributed by atoms with van der Waals surface area (Å²) in [5.41, 5.74) is 12.9. The number of hydrogen-bond acceptors (Lipinski definition) is 11. The second kappa shape index (κ2) is 19.7. The molecule has 5 aromatic carbocycles. The topological polar surface area (TPSA) is 191 Å². The van der Waals surface area contributed by atoms with E-state index in [1.165, 1.54) is 11.8 Å². The number of fused-ring (bicyclic) bond motifs is 2. The highest BCUT2D eigenvalue weighted by Gasteiger charge is 2.40. The number of nitrogens with zero attached hydrogens (tertiary/aromatic N) is 1. The molecular formula is C51H59N5O8SSi. The third-order valence-corrected chi connectivity index (χ3v) is 18.8. The van der Waals surface area contributed by atoms with E-state index in [1.54, 1.807) is 68.6 Å². The van der Waals surface area contributed by atoms with Crippen molar-refractivity contribution in [2.45, 2.75) is 94.0 Å². The number of pyridine rings is 1. The number of hydrogen-bond donors (Lipinski definition) is 5. The van der Waals surface area contributed by atoms with E-state index in [-0.39, 0.29) is 38.9 Å². The number of carbonyl (C=O) groups excluding carboxylic acids is 2. The van der Waals surface area contributed by atoms with Crippen LogP contribution in [0.5, 0.6) is 11.5 Å². The Hall–Kier alpha value is -6.26. The fraction of sp³-hybridized carbons (Fsp3) is 0.314. The number of cyclic esters (lactones) is 1. The van der Waals surface area contributed by atoms with Crippen LogP contribution in [0.15, 0.2) is 113 Å². The Labute approximate surface area is 388 Å². The van der Waals surface area contributed by atoms with Gasteiger partial charge in [0, 0.05) is 35.4 Å². The van der Waals surface area contributed by atoms with Crippen molar-refractivity contribution < 1.29 is 37.0 Å². The lowest BCUT2D eigenvalue weighted by Crippen LogP contribution is -2.44. The summed E-state index contributed by atoms with van der Waals surface area (Å²) in [5, 5.41) is 20.4. The van der Waals surface area contributed by atoms with Gasteiger partial charge in [-0.3, -0.25) is 15.1 Å². The maximum Gasteiger partial charge on any atom is 0.412 e. The van der Waals surface area contributed by atoms with Gasteiger partial charge in [-0.15, -0.1) is 0 Å². The first-order valence-electron chi connectivity index (χ1n) is 22.1. The predicted octanol–water partition coefficient (Wildman–Crippen LogP) is 10.7. The van der Waals surface area contributed by atoms with Gasteiger partial charge in [-0.05, 0) is 121 Å². The van der Waals surface area contributed by atoms with E-state index in [2.05, 4.69) is 66.9 Å². The first-order valence-corrected chi connectivity index (χ1v) is 26.5. The normalized spacial score (nSPS) is 13.4. The van der Waals surface area contributed by atoms with Crippen LogP contribution in [0.1, 0.15) is 78.7 Å². The molecule has 6 N–H and O–H groups in total. The van der Waals surface area contributed by atoms with Crippen molar-refractivity contribution in [1.29, 1.82) is 0 Å². The predicted molar refractivity (Wildman–Crippen MR) is 262 cm³/mol. The summed E-state index contributed by atoms with van der Waals surface area (Å²) in [5.74, 6) is -0.101. The molecule has 1 atom stereocenters. The number of aromatic nitrogens is 1. The van der Waals surface area contributed by atoms with Crippen LogP contribution in [0.2, 0.25) is 18.1 Å². The van der Waals surface area contributed by atoms with Crippen molar-refractivity contribution >= 4 is 58.1 Å². The molecule has 0 bridgehead atoms. The van der Waals surface area contributed by atoms with Crippen LogP contribution in [0, 0.1) is 6.92 Å². The zero-order chi connectivity index (χ0) is 47.4. The first kappa shape index (κ1) is 47.7. The molecule has 2 heterocycles. The monoisotopic (exact) mass is 929 g/mol. The Morgan fingerprint density at radius 1 is 0.955 bits per heavy atom. The van der Waals surface area contributed by atoms with Gasteiger partial charge in [-0.1, -0.05) is 75.7 Å². The molecule has 7 rings (SSSR count). The Bertz CT molecular complexity index is 2880. The molecule has 0 radical (unpaired) electrons. The fourth-order valence-electron chi connectivity index (χ4n) is 7.87. The number of unbranched alkanes of at least 4 members (excludes halogenated alkanes) is 2. The highest BCUT2D eigenvalue weighted by Crippen LogP contribution is 2.43. The van der Waals surface area contributed by atoms with Crippen molar-refractivity contribution in [3.8, 4) is 22.6 Å². The third kappa shape index (κ3) is 10.5. The number of ether oxygens (including phenoxy) is 2. The first-order chi connectivity index (χ1) is 31.4. The number of methoxy groups -OCH3 is 1. The minimum Gasteiger partial charge on any atom is -0.506 e. The second-order valence-corrected chi connectivity index (χ2v) is 24.9. The Morgan fingerprint density at radius 3 is 2.44 bits per heavy atom. The van der Waals surface area contributed by atoms with Gasteiger partial charge in [0.1, 0.15) is 18.1 Å². The SMILES string of the molecule is COc1cccc(Nc2c(C(N)=O)cnc3c(C)cc(S(=O)(=O)c4cccc(-c5ccc(CCCCCNC[C@H](O[Si](C)(C)C(C)(C)C)c6ccc(O)c7c6COC(=O)N7)cc5)c4)cc23)c1. The number of phenolic OH excluding ortho intramolecular Hbond substituents is 1. The highest BCUT2D eigenvalue weighted by atomic mass is 32.2. The van der Waals surface area contributed by atoms with Gasteiger partial charge in [0.05, 0.1) is 45.5 Å². The molecule has 0 saturated carbocycles. The average Bonchev–Trinajstić information content (AvgIpc) is 3.28. The minimum atomic E-state index is -4.02. The van der Waals surface area contributed by atoms with Crippen molar-refractivity contribution in [2.24, 2.45) is 5.73 Å². The number of aromatic hydroxyl groups is 1. The van der Waals surface area contributed by atoms with Gasteiger partial charge >= 0.3 is 6.09 Å². The van der Waals surface area contributed by atoms with E-state index in [9.17, 15) is 23.1 Å². The van der Waals surface area contributed by atoms with E-state index in [0.717, 1.165) is 54.5 Å². The van der Waals surface area contributed by atoms with Gasteiger partial charge < -0.3 is 35.4 Å². The zero-order valence-corrected chi connectivity index (χ0v) is 40.4. The molecule has 1 aromatic heterocycles. The number of primary amides is 1. The number of nitrogens with two attached hydrogens (primary N) is 1. The summed E-state index contributed by atoms with van der Waals surface area (Å²) in [4.78, 5) is 29.2.